The van der Waals surface area contributed by atoms with Gasteiger partial charge in [0.25, 0.3) is 5.91 Å². The quantitative estimate of drug-likeness (QED) is 0.830. The predicted octanol–water partition coefficient (Wildman–Crippen LogP) is 3.92. The van der Waals surface area contributed by atoms with Crippen LogP contribution >= 0.6 is 11.6 Å². The van der Waals surface area contributed by atoms with E-state index in [-0.39, 0.29) is 5.91 Å². The lowest BCUT2D eigenvalue weighted by atomic mass is 10.1. The molecule has 0 radical (unpaired) electrons. The molecule has 0 atom stereocenters. The average Bonchev–Trinajstić information content (AvgIpc) is 2.53. The zero-order chi connectivity index (χ0) is 14.4. The van der Waals surface area contributed by atoms with Crippen molar-refractivity contribution in [3.8, 4) is 0 Å². The fraction of sp³-hybridized carbons (Fsp3) is 0.235. The highest BCUT2D eigenvalue weighted by molar-refractivity contribution is 6.17. The Morgan fingerprint density at radius 3 is 2.40 bits per heavy atom. The highest BCUT2D eigenvalue weighted by Gasteiger charge is 2.05. The number of carbonyl (C=O) groups excluding carboxylic acids is 1. The van der Waals surface area contributed by atoms with Crippen LogP contribution in [-0.2, 0) is 18.8 Å². The highest BCUT2D eigenvalue weighted by Crippen LogP contribution is 2.09. The van der Waals surface area contributed by atoms with Crippen LogP contribution in [-0.4, -0.2) is 5.91 Å². The number of benzene rings is 2. The van der Waals surface area contributed by atoms with Gasteiger partial charge in [0.1, 0.15) is 0 Å². The Bertz CT molecular complexity index is 578. The molecule has 0 aliphatic carbocycles. The predicted molar refractivity (Wildman–Crippen MR) is 83.0 cm³/mol. The van der Waals surface area contributed by atoms with Crippen molar-refractivity contribution in [2.24, 2.45) is 0 Å². The first kappa shape index (κ1) is 14.6. The van der Waals surface area contributed by atoms with E-state index in [1.165, 1.54) is 5.56 Å². The van der Waals surface area contributed by atoms with Crippen molar-refractivity contribution in [3.63, 3.8) is 0 Å². The summed E-state index contributed by atoms with van der Waals surface area (Å²) in [6, 6.07) is 15.6. The van der Waals surface area contributed by atoms with E-state index in [9.17, 15) is 4.79 Å². The third-order valence-electron chi connectivity index (χ3n) is 3.22. The van der Waals surface area contributed by atoms with Gasteiger partial charge in [0.05, 0.1) is 0 Å². The molecule has 0 heterocycles. The largest absolute Gasteiger partial charge is 0.348 e. The van der Waals surface area contributed by atoms with Crippen LogP contribution in [0.1, 0.15) is 34.0 Å². The van der Waals surface area contributed by atoms with E-state index in [1.54, 1.807) is 0 Å². The van der Waals surface area contributed by atoms with Crippen LogP contribution in [0.15, 0.2) is 48.5 Å². The Kier molecular flexibility index (Phi) is 5.19. The Hall–Kier alpha value is -1.80. The molecule has 0 fully saturated rings. The molecule has 0 aromatic heterocycles. The van der Waals surface area contributed by atoms with Gasteiger partial charge in [-0.25, -0.2) is 0 Å². The second-order valence-electron chi connectivity index (χ2n) is 4.69. The van der Waals surface area contributed by atoms with Gasteiger partial charge >= 0.3 is 0 Å². The Morgan fingerprint density at radius 2 is 1.75 bits per heavy atom. The van der Waals surface area contributed by atoms with Crippen LogP contribution in [0, 0.1) is 0 Å². The molecule has 0 spiro atoms. The monoisotopic (exact) mass is 287 g/mol. The van der Waals surface area contributed by atoms with Crippen LogP contribution in [0.4, 0.5) is 0 Å². The highest BCUT2D eigenvalue weighted by atomic mass is 35.5. The maximum absolute atomic E-state index is 12.0. The number of nitrogens with one attached hydrogen (secondary N) is 1. The summed E-state index contributed by atoms with van der Waals surface area (Å²) < 4.78 is 0. The fourth-order valence-corrected chi connectivity index (χ4v) is 2.17. The van der Waals surface area contributed by atoms with Gasteiger partial charge in [0.2, 0.25) is 0 Å². The number of aryl methyl sites for hydroxylation is 1. The van der Waals surface area contributed by atoms with Crippen LogP contribution in [0.3, 0.4) is 0 Å². The number of carbonyl (C=O) groups is 1. The third-order valence-corrected chi connectivity index (χ3v) is 3.53. The molecule has 2 aromatic rings. The van der Waals surface area contributed by atoms with Crippen LogP contribution < -0.4 is 5.32 Å². The summed E-state index contributed by atoms with van der Waals surface area (Å²) in [5.41, 5.74) is 4.04. The number of halogens is 1. The minimum Gasteiger partial charge on any atom is -0.348 e. The van der Waals surface area contributed by atoms with Crippen molar-refractivity contribution in [1.29, 1.82) is 0 Å². The molecule has 0 saturated carbocycles. The van der Waals surface area contributed by atoms with Crippen molar-refractivity contribution in [2.75, 3.05) is 0 Å². The molecule has 0 aliphatic rings. The van der Waals surface area contributed by atoms with Gasteiger partial charge in [-0.1, -0.05) is 43.3 Å². The zero-order valence-electron chi connectivity index (χ0n) is 11.5. The van der Waals surface area contributed by atoms with Crippen molar-refractivity contribution in [1.82, 2.24) is 5.32 Å². The van der Waals surface area contributed by atoms with Crippen molar-refractivity contribution in [3.05, 3.63) is 70.8 Å². The van der Waals surface area contributed by atoms with Crippen molar-refractivity contribution >= 4 is 17.5 Å². The number of amides is 1. The van der Waals surface area contributed by atoms with Gasteiger partial charge in [0, 0.05) is 18.0 Å². The number of hydrogen-bond acceptors (Lipinski definition) is 1. The molecular weight excluding hydrogens is 270 g/mol. The van der Waals surface area contributed by atoms with Crippen LogP contribution in [0.5, 0.6) is 0 Å². The van der Waals surface area contributed by atoms with Gasteiger partial charge in [-0.15, -0.1) is 11.6 Å². The average molecular weight is 288 g/mol. The van der Waals surface area contributed by atoms with Gasteiger partial charge in [-0.05, 0) is 35.2 Å². The van der Waals surface area contributed by atoms with Gasteiger partial charge in [0.15, 0.2) is 0 Å². The first-order valence-electron chi connectivity index (χ1n) is 6.74. The van der Waals surface area contributed by atoms with E-state index in [0.29, 0.717) is 18.0 Å². The minimum absolute atomic E-state index is 0.0519. The first-order chi connectivity index (χ1) is 9.72. The fourth-order valence-electron chi connectivity index (χ4n) is 2.00. The van der Waals surface area contributed by atoms with Gasteiger partial charge < -0.3 is 5.32 Å². The molecule has 2 nitrogen and oxygen atoms in total. The zero-order valence-corrected chi connectivity index (χ0v) is 12.3. The molecule has 0 aliphatic heterocycles. The van der Waals surface area contributed by atoms with E-state index in [2.05, 4.69) is 12.2 Å². The normalized spacial score (nSPS) is 10.3. The molecule has 0 bridgehead atoms. The first-order valence-corrected chi connectivity index (χ1v) is 7.27. The lowest BCUT2D eigenvalue weighted by molar-refractivity contribution is 0.0951. The standard InChI is InChI=1S/C17H18ClNO/c1-2-13-6-8-16(9-7-13)17(20)19-12-15-5-3-4-14(10-15)11-18/h3-10H,2,11-12H2,1H3,(H,19,20). The van der Waals surface area contributed by atoms with Crippen molar-refractivity contribution < 1.29 is 4.79 Å². The SMILES string of the molecule is CCc1ccc(C(=O)NCc2cccc(CCl)c2)cc1. The summed E-state index contributed by atoms with van der Waals surface area (Å²) in [6.07, 6.45) is 0.979. The molecule has 1 N–H and O–H groups in total. The smallest absolute Gasteiger partial charge is 0.251 e. The lowest BCUT2D eigenvalue weighted by Crippen LogP contribution is -2.22. The minimum atomic E-state index is -0.0519. The molecule has 20 heavy (non-hydrogen) atoms. The van der Waals surface area contributed by atoms with E-state index in [1.807, 2.05) is 48.5 Å². The Labute approximate surface area is 124 Å². The van der Waals surface area contributed by atoms with Crippen LogP contribution in [0.25, 0.3) is 0 Å². The summed E-state index contributed by atoms with van der Waals surface area (Å²) in [7, 11) is 0. The second kappa shape index (κ2) is 7.11. The van der Waals surface area contributed by atoms with Gasteiger partial charge in [-0.2, -0.15) is 0 Å². The molecule has 0 saturated heterocycles. The summed E-state index contributed by atoms with van der Waals surface area (Å²) in [4.78, 5) is 12.0. The summed E-state index contributed by atoms with van der Waals surface area (Å²) in [5.74, 6) is 0.434. The topological polar surface area (TPSA) is 29.1 Å². The van der Waals surface area contributed by atoms with E-state index >= 15 is 0 Å². The number of alkyl halides is 1. The van der Waals surface area contributed by atoms with E-state index < -0.39 is 0 Å². The lowest BCUT2D eigenvalue weighted by Gasteiger charge is -2.07. The molecule has 0 unspecified atom stereocenters. The Morgan fingerprint density at radius 1 is 1.05 bits per heavy atom. The number of hydrogen-bond donors (Lipinski definition) is 1. The summed E-state index contributed by atoms with van der Waals surface area (Å²) >= 11 is 5.80. The molecule has 104 valence electrons. The summed E-state index contributed by atoms with van der Waals surface area (Å²) in [6.45, 7) is 2.61. The second-order valence-corrected chi connectivity index (χ2v) is 4.95. The van der Waals surface area contributed by atoms with Crippen LogP contribution in [0.2, 0.25) is 0 Å². The maximum atomic E-state index is 12.0. The molecule has 1 amide bonds. The number of rotatable bonds is 5. The third kappa shape index (κ3) is 3.84. The molecule has 2 rings (SSSR count). The van der Waals surface area contributed by atoms with Gasteiger partial charge in [-0.3, -0.25) is 4.79 Å². The molecular formula is C17H18ClNO. The summed E-state index contributed by atoms with van der Waals surface area (Å²) in [5, 5.41) is 2.92. The Balaban J connectivity index is 1.97. The van der Waals surface area contributed by atoms with Crippen molar-refractivity contribution in [2.45, 2.75) is 25.8 Å². The molecule has 3 heteroatoms. The molecule has 2 aromatic carbocycles. The maximum Gasteiger partial charge on any atom is 0.251 e. The van der Waals surface area contributed by atoms with E-state index in [4.69, 9.17) is 11.6 Å². The van der Waals surface area contributed by atoms with E-state index in [0.717, 1.165) is 17.5 Å².